The SMILES string of the molecule is O=C1C=CC(=O)[C@@]23O[C@@]12C(=O)c1ccccc1C3=O. The van der Waals surface area contributed by atoms with Crippen molar-refractivity contribution in [2.24, 2.45) is 0 Å². The molecule has 92 valence electrons. The number of epoxide rings is 1. The summed E-state index contributed by atoms with van der Waals surface area (Å²) in [5.74, 6) is -2.49. The zero-order chi connectivity index (χ0) is 13.4. The minimum atomic E-state index is -1.94. The van der Waals surface area contributed by atoms with Gasteiger partial charge < -0.3 is 4.74 Å². The van der Waals surface area contributed by atoms with E-state index in [-0.39, 0.29) is 11.1 Å². The Morgan fingerprint density at radius 2 is 1.16 bits per heavy atom. The lowest BCUT2D eigenvalue weighted by atomic mass is 9.68. The maximum absolute atomic E-state index is 12.4. The topological polar surface area (TPSA) is 80.8 Å². The summed E-state index contributed by atoms with van der Waals surface area (Å²) in [7, 11) is 0. The van der Waals surface area contributed by atoms with Crippen molar-refractivity contribution in [1.82, 2.24) is 0 Å². The second-order valence-corrected chi connectivity index (χ2v) is 4.73. The highest BCUT2D eigenvalue weighted by Gasteiger charge is 2.88. The van der Waals surface area contributed by atoms with Gasteiger partial charge in [0.1, 0.15) is 0 Å². The Morgan fingerprint density at radius 3 is 1.58 bits per heavy atom. The van der Waals surface area contributed by atoms with Gasteiger partial charge in [-0.25, -0.2) is 0 Å². The van der Waals surface area contributed by atoms with Crippen molar-refractivity contribution in [3.05, 3.63) is 47.5 Å². The summed E-state index contributed by atoms with van der Waals surface area (Å²) in [5, 5.41) is 0. The molecular formula is C14H6O5. The molecule has 3 aliphatic rings. The number of carbonyl (C=O) groups is 4. The molecule has 0 saturated carbocycles. The summed E-state index contributed by atoms with van der Waals surface area (Å²) in [5.41, 5.74) is -3.61. The summed E-state index contributed by atoms with van der Waals surface area (Å²) >= 11 is 0. The lowest BCUT2D eigenvalue weighted by Crippen LogP contribution is -2.54. The Hall–Kier alpha value is -2.40. The van der Waals surface area contributed by atoms with E-state index in [2.05, 4.69) is 0 Å². The summed E-state index contributed by atoms with van der Waals surface area (Å²) in [6.07, 6.45) is 2.01. The first-order chi connectivity index (χ1) is 9.05. The molecule has 1 fully saturated rings. The number of Topliss-reactive ketones (excluding diaryl/α,β-unsaturated/α-hetero) is 2. The van der Waals surface area contributed by atoms with Crippen LogP contribution in [0.25, 0.3) is 0 Å². The van der Waals surface area contributed by atoms with Gasteiger partial charge in [-0.05, 0) is 12.2 Å². The van der Waals surface area contributed by atoms with Crippen LogP contribution in [0.4, 0.5) is 0 Å². The number of rotatable bonds is 0. The number of ether oxygens (including phenoxy) is 1. The number of fused-ring (bicyclic) bond motifs is 1. The van der Waals surface area contributed by atoms with Crippen LogP contribution in [0.2, 0.25) is 0 Å². The molecule has 1 aliphatic heterocycles. The first-order valence-corrected chi connectivity index (χ1v) is 5.71. The van der Waals surface area contributed by atoms with Gasteiger partial charge in [0.25, 0.3) is 0 Å². The Morgan fingerprint density at radius 1 is 0.737 bits per heavy atom. The van der Waals surface area contributed by atoms with Crippen LogP contribution < -0.4 is 0 Å². The average molecular weight is 254 g/mol. The van der Waals surface area contributed by atoms with Gasteiger partial charge in [-0.3, -0.25) is 19.2 Å². The Balaban J connectivity index is 2.08. The first kappa shape index (κ1) is 10.5. The molecule has 0 aromatic heterocycles. The van der Waals surface area contributed by atoms with E-state index < -0.39 is 34.3 Å². The van der Waals surface area contributed by atoms with E-state index in [9.17, 15) is 19.2 Å². The molecule has 4 rings (SSSR count). The number of hydrogen-bond donors (Lipinski definition) is 0. The highest BCUT2D eigenvalue weighted by molar-refractivity contribution is 6.45. The molecule has 0 N–H and O–H groups in total. The van der Waals surface area contributed by atoms with Gasteiger partial charge in [0.2, 0.25) is 22.8 Å². The fourth-order valence-electron chi connectivity index (χ4n) is 2.93. The van der Waals surface area contributed by atoms with E-state index in [0.717, 1.165) is 12.2 Å². The largest absolute Gasteiger partial charge is 0.328 e. The maximum Gasteiger partial charge on any atom is 0.238 e. The van der Waals surface area contributed by atoms with Gasteiger partial charge in [0, 0.05) is 11.1 Å². The van der Waals surface area contributed by atoms with Crippen molar-refractivity contribution >= 4 is 23.1 Å². The molecule has 0 spiro atoms. The summed E-state index contributed by atoms with van der Waals surface area (Å²) in [6, 6.07) is 6.12. The van der Waals surface area contributed by atoms with Crippen LogP contribution in [-0.2, 0) is 14.3 Å². The maximum atomic E-state index is 12.4. The molecule has 2 atom stereocenters. The molecule has 0 bridgehead atoms. The molecule has 0 unspecified atom stereocenters. The fourth-order valence-corrected chi connectivity index (χ4v) is 2.93. The second kappa shape index (κ2) is 2.78. The average Bonchev–Trinajstić information content (AvgIpc) is 3.15. The van der Waals surface area contributed by atoms with Crippen LogP contribution in [0, 0.1) is 0 Å². The molecule has 5 heteroatoms. The number of benzene rings is 1. The predicted molar refractivity (Wildman–Crippen MR) is 60.8 cm³/mol. The van der Waals surface area contributed by atoms with Crippen molar-refractivity contribution < 1.29 is 23.9 Å². The van der Waals surface area contributed by atoms with E-state index in [1.54, 1.807) is 12.1 Å². The van der Waals surface area contributed by atoms with Crippen LogP contribution in [0.15, 0.2) is 36.4 Å². The molecule has 1 aromatic rings. The van der Waals surface area contributed by atoms with Crippen LogP contribution in [0.3, 0.4) is 0 Å². The van der Waals surface area contributed by atoms with Crippen LogP contribution >= 0.6 is 0 Å². The molecule has 1 aromatic carbocycles. The zero-order valence-corrected chi connectivity index (χ0v) is 9.51. The Bertz CT molecular complexity index is 683. The Kier molecular flexibility index (Phi) is 1.54. The highest BCUT2D eigenvalue weighted by atomic mass is 16.7. The van der Waals surface area contributed by atoms with Gasteiger partial charge in [-0.15, -0.1) is 0 Å². The van der Waals surface area contributed by atoms with E-state index in [0.29, 0.717) is 0 Å². The van der Waals surface area contributed by atoms with Gasteiger partial charge in [0.05, 0.1) is 0 Å². The van der Waals surface area contributed by atoms with Crippen molar-refractivity contribution in [2.45, 2.75) is 11.2 Å². The quantitative estimate of drug-likeness (QED) is 0.490. The first-order valence-electron chi connectivity index (χ1n) is 5.71. The normalized spacial score (nSPS) is 34.7. The fraction of sp³-hybridized carbons (Fsp3) is 0.143. The third-order valence-electron chi connectivity index (χ3n) is 3.90. The van der Waals surface area contributed by atoms with Crippen molar-refractivity contribution in [3.63, 3.8) is 0 Å². The molecule has 1 heterocycles. The standard InChI is InChI=1S/C14H6O5/c15-9-5-6-10(16)14-12(18)8-4-2-1-3-7(8)11(17)13(9,14)19-14/h1-6H/t13-,14+. The van der Waals surface area contributed by atoms with E-state index >= 15 is 0 Å². The lowest BCUT2D eigenvalue weighted by molar-refractivity contribution is -0.121. The van der Waals surface area contributed by atoms with Crippen LogP contribution in [-0.4, -0.2) is 34.3 Å². The van der Waals surface area contributed by atoms with Gasteiger partial charge in [-0.1, -0.05) is 24.3 Å². The van der Waals surface area contributed by atoms with Gasteiger partial charge >= 0.3 is 0 Å². The molecular weight excluding hydrogens is 248 g/mol. The summed E-state index contributed by atoms with van der Waals surface area (Å²) in [4.78, 5) is 48.8. The van der Waals surface area contributed by atoms with Crippen molar-refractivity contribution in [2.75, 3.05) is 0 Å². The lowest BCUT2D eigenvalue weighted by Gasteiger charge is -2.23. The highest BCUT2D eigenvalue weighted by Crippen LogP contribution is 2.58. The number of ketones is 4. The second-order valence-electron chi connectivity index (χ2n) is 4.73. The zero-order valence-electron chi connectivity index (χ0n) is 9.51. The predicted octanol–water partition coefficient (Wildman–Crippen LogP) is 0.281. The summed E-state index contributed by atoms with van der Waals surface area (Å²) < 4.78 is 5.18. The molecule has 0 amide bonds. The molecule has 5 nitrogen and oxygen atoms in total. The van der Waals surface area contributed by atoms with Crippen LogP contribution in [0.1, 0.15) is 20.7 Å². The Labute approximate surface area is 106 Å². The van der Waals surface area contributed by atoms with Crippen molar-refractivity contribution in [3.8, 4) is 0 Å². The van der Waals surface area contributed by atoms with Crippen LogP contribution in [0.5, 0.6) is 0 Å². The minimum Gasteiger partial charge on any atom is -0.328 e. The van der Waals surface area contributed by atoms with E-state index in [1.807, 2.05) is 0 Å². The number of hydrogen-bond acceptors (Lipinski definition) is 5. The van der Waals surface area contributed by atoms with E-state index in [4.69, 9.17) is 4.74 Å². The molecule has 0 radical (unpaired) electrons. The monoisotopic (exact) mass is 254 g/mol. The molecule has 2 aliphatic carbocycles. The molecule has 1 saturated heterocycles. The summed E-state index contributed by atoms with van der Waals surface area (Å²) in [6.45, 7) is 0. The third kappa shape index (κ3) is 0.840. The third-order valence-corrected chi connectivity index (χ3v) is 3.90. The van der Waals surface area contributed by atoms with Gasteiger partial charge in [-0.2, -0.15) is 0 Å². The van der Waals surface area contributed by atoms with Gasteiger partial charge in [0.15, 0.2) is 11.6 Å². The van der Waals surface area contributed by atoms with Crippen molar-refractivity contribution in [1.29, 1.82) is 0 Å². The minimum absolute atomic E-state index is 0.136. The smallest absolute Gasteiger partial charge is 0.238 e. The molecule has 19 heavy (non-hydrogen) atoms. The van der Waals surface area contributed by atoms with E-state index in [1.165, 1.54) is 12.1 Å². The number of carbonyl (C=O) groups excluding carboxylic acids is 4.